The minimum Gasteiger partial charge on any atom is -0.494 e. The van der Waals surface area contributed by atoms with Gasteiger partial charge in [0.05, 0.1) is 5.69 Å². The van der Waals surface area contributed by atoms with Gasteiger partial charge in [0.2, 0.25) is 0 Å². The van der Waals surface area contributed by atoms with E-state index >= 15 is 0 Å². The van der Waals surface area contributed by atoms with Crippen LogP contribution in [-0.4, -0.2) is 24.7 Å². The molecule has 0 radical (unpaired) electrons. The number of halogens is 2. The fraction of sp³-hybridized carbons (Fsp3) is 0.200. The third-order valence-corrected chi connectivity index (χ3v) is 4.69. The molecule has 5 nitrogen and oxygen atoms in total. The van der Waals surface area contributed by atoms with E-state index in [2.05, 4.69) is 10.3 Å². The molecule has 4 aromatic rings. The average molecular weight is 368 g/mol. The van der Waals surface area contributed by atoms with Gasteiger partial charge in [-0.05, 0) is 45.0 Å². The number of aromatic nitrogens is 4. The monoisotopic (exact) mass is 368 g/mol. The summed E-state index contributed by atoms with van der Waals surface area (Å²) in [4.78, 5) is 0. The zero-order chi connectivity index (χ0) is 19.3. The second-order valence-corrected chi connectivity index (χ2v) is 6.76. The van der Waals surface area contributed by atoms with Gasteiger partial charge in [-0.2, -0.15) is 0 Å². The molecule has 0 unspecified atom stereocenters. The normalized spacial score (nSPS) is 11.6. The van der Waals surface area contributed by atoms with E-state index in [1.54, 1.807) is 17.6 Å². The minimum absolute atomic E-state index is 0.118. The van der Waals surface area contributed by atoms with Gasteiger partial charge in [-0.15, -0.1) is 5.10 Å². The Labute approximate surface area is 154 Å². The van der Waals surface area contributed by atoms with Crippen LogP contribution in [-0.2, 0) is 0 Å². The van der Waals surface area contributed by atoms with Gasteiger partial charge in [0.25, 0.3) is 0 Å². The van der Waals surface area contributed by atoms with Crippen molar-refractivity contribution < 1.29 is 13.9 Å². The van der Waals surface area contributed by atoms with Gasteiger partial charge in [0.15, 0.2) is 17.5 Å². The summed E-state index contributed by atoms with van der Waals surface area (Å²) in [5, 5.41) is 20.0. The summed E-state index contributed by atoms with van der Waals surface area (Å²) < 4.78 is 31.2. The lowest BCUT2D eigenvalue weighted by molar-refractivity contribution is 0.405. The second-order valence-electron chi connectivity index (χ2n) is 6.76. The van der Waals surface area contributed by atoms with Gasteiger partial charge in [-0.25, -0.2) is 13.5 Å². The largest absolute Gasteiger partial charge is 0.494 e. The van der Waals surface area contributed by atoms with Crippen LogP contribution >= 0.6 is 0 Å². The maximum atomic E-state index is 14.1. The van der Waals surface area contributed by atoms with Crippen molar-refractivity contribution in [1.82, 2.24) is 19.6 Å². The van der Waals surface area contributed by atoms with E-state index in [4.69, 9.17) is 0 Å². The summed E-state index contributed by atoms with van der Waals surface area (Å²) in [5.74, 6) is -1.20. The Hall–Kier alpha value is -3.22. The number of benzene rings is 2. The van der Waals surface area contributed by atoms with Crippen molar-refractivity contribution >= 4 is 10.8 Å². The molecular formula is C20H18F2N4O. The van der Waals surface area contributed by atoms with Crippen molar-refractivity contribution in [3.05, 3.63) is 59.9 Å². The Morgan fingerprint density at radius 2 is 1.78 bits per heavy atom. The first-order chi connectivity index (χ1) is 12.9. The van der Waals surface area contributed by atoms with Gasteiger partial charge >= 0.3 is 0 Å². The van der Waals surface area contributed by atoms with Gasteiger partial charge in [-0.1, -0.05) is 17.3 Å². The smallest absolute Gasteiger partial charge is 0.199 e. The molecule has 1 N–H and O–H groups in total. The lowest BCUT2D eigenvalue weighted by Gasteiger charge is -2.07. The summed E-state index contributed by atoms with van der Waals surface area (Å²) in [6.07, 6.45) is 1.87. The van der Waals surface area contributed by atoms with E-state index < -0.39 is 11.6 Å². The highest BCUT2D eigenvalue weighted by atomic mass is 19.1. The summed E-state index contributed by atoms with van der Waals surface area (Å²) in [7, 11) is 0. The van der Waals surface area contributed by atoms with Crippen LogP contribution < -0.4 is 0 Å². The molecule has 2 aromatic carbocycles. The number of nitrogens with zero attached hydrogens (tertiary/aromatic N) is 4. The van der Waals surface area contributed by atoms with Crippen LogP contribution in [0, 0.1) is 18.6 Å². The van der Waals surface area contributed by atoms with Gasteiger partial charge in [0.1, 0.15) is 11.4 Å². The Kier molecular flexibility index (Phi) is 3.95. The van der Waals surface area contributed by atoms with Crippen LogP contribution in [0.15, 0.2) is 42.6 Å². The van der Waals surface area contributed by atoms with E-state index in [1.807, 2.05) is 32.2 Å². The van der Waals surface area contributed by atoms with Gasteiger partial charge < -0.3 is 9.67 Å². The predicted octanol–water partition coefficient (Wildman–Crippen LogP) is 4.76. The van der Waals surface area contributed by atoms with Crippen LogP contribution in [0.2, 0.25) is 0 Å². The topological polar surface area (TPSA) is 55.9 Å². The molecule has 0 amide bonds. The minimum atomic E-state index is -0.705. The summed E-state index contributed by atoms with van der Waals surface area (Å²) in [6, 6.07) is 9.29. The molecule has 0 saturated carbocycles. The van der Waals surface area contributed by atoms with E-state index in [1.165, 1.54) is 22.9 Å². The van der Waals surface area contributed by atoms with E-state index in [-0.39, 0.29) is 17.6 Å². The maximum absolute atomic E-state index is 14.1. The highest BCUT2D eigenvalue weighted by molar-refractivity contribution is 5.91. The fourth-order valence-electron chi connectivity index (χ4n) is 3.26. The Morgan fingerprint density at radius 1 is 1.07 bits per heavy atom. The quantitative estimate of drug-likeness (QED) is 0.567. The van der Waals surface area contributed by atoms with E-state index in [9.17, 15) is 13.9 Å². The number of rotatable bonds is 3. The summed E-state index contributed by atoms with van der Waals surface area (Å²) in [6.45, 7) is 5.68. The van der Waals surface area contributed by atoms with Crippen molar-refractivity contribution in [2.24, 2.45) is 0 Å². The molecule has 27 heavy (non-hydrogen) atoms. The fourth-order valence-corrected chi connectivity index (χ4v) is 3.26. The predicted molar refractivity (Wildman–Crippen MR) is 99.0 cm³/mol. The number of aromatic hydroxyl groups is 1. The molecule has 138 valence electrons. The molecule has 4 rings (SSSR count). The van der Waals surface area contributed by atoms with Crippen molar-refractivity contribution in [1.29, 1.82) is 0 Å². The van der Waals surface area contributed by atoms with Gasteiger partial charge in [-0.3, -0.25) is 0 Å². The highest BCUT2D eigenvalue weighted by Gasteiger charge is 2.19. The molecule has 2 heterocycles. The Balaban J connectivity index is 1.84. The first-order valence-electron chi connectivity index (χ1n) is 8.59. The maximum Gasteiger partial charge on any atom is 0.199 e. The van der Waals surface area contributed by atoms with Crippen LogP contribution in [0.3, 0.4) is 0 Å². The standard InChI is InChI=1S/C20H18F2N4O/c1-11(2)25-10-14-9-13(7-8-15(14)20(25)27)18-12(3)26(24-23-18)19-16(21)5-4-6-17(19)22/h4-11,27H,1-3H3. The number of hydrogen-bond acceptors (Lipinski definition) is 3. The molecule has 0 spiro atoms. The first-order valence-corrected chi connectivity index (χ1v) is 8.59. The summed E-state index contributed by atoms with van der Waals surface area (Å²) >= 11 is 0. The molecule has 0 saturated heterocycles. The molecule has 0 aliphatic heterocycles. The molecule has 0 fully saturated rings. The SMILES string of the molecule is Cc1c(-c2ccc3c(O)n(C(C)C)cc3c2)nnn1-c1c(F)cccc1F. The number of para-hydroxylation sites is 1. The zero-order valence-electron chi connectivity index (χ0n) is 15.1. The Bertz CT molecular complexity index is 1140. The van der Waals surface area contributed by atoms with Crippen molar-refractivity contribution in [3.8, 4) is 22.8 Å². The second kappa shape index (κ2) is 6.19. The molecule has 0 aliphatic rings. The van der Waals surface area contributed by atoms with E-state index in [0.29, 0.717) is 11.4 Å². The molecular weight excluding hydrogens is 350 g/mol. The lowest BCUT2D eigenvalue weighted by atomic mass is 10.1. The molecule has 0 atom stereocenters. The number of fused-ring (bicyclic) bond motifs is 1. The molecule has 2 aromatic heterocycles. The Morgan fingerprint density at radius 3 is 2.44 bits per heavy atom. The van der Waals surface area contributed by atoms with Crippen molar-refractivity contribution in [2.75, 3.05) is 0 Å². The summed E-state index contributed by atoms with van der Waals surface area (Å²) in [5.41, 5.74) is 1.55. The number of hydrogen-bond donors (Lipinski definition) is 1. The van der Waals surface area contributed by atoms with Gasteiger partial charge in [0, 0.05) is 28.6 Å². The molecule has 7 heteroatoms. The van der Waals surface area contributed by atoms with Crippen molar-refractivity contribution in [2.45, 2.75) is 26.8 Å². The highest BCUT2D eigenvalue weighted by Crippen LogP contribution is 2.34. The van der Waals surface area contributed by atoms with Crippen LogP contribution in [0.25, 0.3) is 27.7 Å². The first kappa shape index (κ1) is 17.2. The third-order valence-electron chi connectivity index (χ3n) is 4.69. The zero-order valence-corrected chi connectivity index (χ0v) is 15.1. The van der Waals surface area contributed by atoms with Crippen LogP contribution in [0.4, 0.5) is 8.78 Å². The molecule has 0 bridgehead atoms. The van der Waals surface area contributed by atoms with Crippen LogP contribution in [0.1, 0.15) is 25.6 Å². The van der Waals surface area contributed by atoms with Crippen LogP contribution in [0.5, 0.6) is 5.88 Å². The lowest BCUT2D eigenvalue weighted by Crippen LogP contribution is -2.05. The van der Waals surface area contributed by atoms with E-state index in [0.717, 1.165) is 16.3 Å². The average Bonchev–Trinajstić information content (AvgIpc) is 3.15. The molecule has 0 aliphatic carbocycles. The third kappa shape index (κ3) is 2.66. The van der Waals surface area contributed by atoms with Crippen molar-refractivity contribution in [3.63, 3.8) is 0 Å².